The summed E-state index contributed by atoms with van der Waals surface area (Å²) in [5.41, 5.74) is -0.0281. The quantitative estimate of drug-likeness (QED) is 0.309. The second-order valence-electron chi connectivity index (χ2n) is 8.22. The Morgan fingerprint density at radius 3 is 2.49 bits per heavy atom. The molecule has 10 heteroatoms. The molecular formula is C25H22F3N5OS. The van der Waals surface area contributed by atoms with Crippen LogP contribution < -0.4 is 10.6 Å². The monoisotopic (exact) mass is 497 g/mol. The third kappa shape index (κ3) is 5.59. The van der Waals surface area contributed by atoms with E-state index in [4.69, 9.17) is 0 Å². The van der Waals surface area contributed by atoms with Crippen LogP contribution in [0.1, 0.15) is 23.2 Å². The Morgan fingerprint density at radius 2 is 1.80 bits per heavy atom. The maximum atomic E-state index is 12.5. The van der Waals surface area contributed by atoms with Crippen LogP contribution in [0.5, 0.6) is 0 Å². The minimum absolute atomic E-state index is 0.0783. The number of hydrogen-bond acceptors (Lipinski definition) is 5. The molecule has 0 saturated heterocycles. The molecule has 180 valence electrons. The van der Waals surface area contributed by atoms with Gasteiger partial charge in [0.05, 0.1) is 17.6 Å². The lowest BCUT2D eigenvalue weighted by molar-refractivity contribution is -0.0327. The molecule has 1 aliphatic rings. The number of halogens is 3. The molecule has 0 spiro atoms. The van der Waals surface area contributed by atoms with Gasteiger partial charge in [0.25, 0.3) is 5.91 Å². The van der Waals surface area contributed by atoms with E-state index in [0.717, 1.165) is 29.7 Å². The average molecular weight is 498 g/mol. The number of thioether (sulfide) groups is 1. The van der Waals surface area contributed by atoms with Crippen molar-refractivity contribution in [2.45, 2.75) is 24.4 Å². The van der Waals surface area contributed by atoms with Crippen molar-refractivity contribution in [3.8, 4) is 22.5 Å². The molecule has 0 radical (unpaired) electrons. The fraction of sp³-hybridized carbons (Fsp3) is 0.240. The fourth-order valence-electron chi connectivity index (χ4n) is 3.69. The second kappa shape index (κ2) is 9.61. The molecule has 0 atom stereocenters. The van der Waals surface area contributed by atoms with Crippen molar-refractivity contribution in [3.05, 3.63) is 72.6 Å². The van der Waals surface area contributed by atoms with E-state index in [1.54, 1.807) is 18.3 Å². The van der Waals surface area contributed by atoms with Crippen LogP contribution >= 0.6 is 11.8 Å². The molecule has 2 N–H and O–H groups in total. The van der Waals surface area contributed by atoms with Gasteiger partial charge in [-0.25, -0.2) is 9.97 Å². The molecule has 2 aromatic heterocycles. The first-order chi connectivity index (χ1) is 16.9. The van der Waals surface area contributed by atoms with E-state index in [2.05, 4.69) is 20.6 Å². The van der Waals surface area contributed by atoms with Crippen LogP contribution in [0.3, 0.4) is 0 Å². The van der Waals surface area contributed by atoms with Crippen molar-refractivity contribution < 1.29 is 18.0 Å². The first-order valence-corrected chi connectivity index (χ1v) is 12.2. The van der Waals surface area contributed by atoms with Crippen LogP contribution in [0.4, 0.5) is 19.0 Å². The zero-order chi connectivity index (χ0) is 24.4. The average Bonchev–Trinajstić information content (AvgIpc) is 3.56. The summed E-state index contributed by atoms with van der Waals surface area (Å²) in [6, 6.07) is 17.1. The van der Waals surface area contributed by atoms with Gasteiger partial charge in [0, 0.05) is 41.2 Å². The van der Waals surface area contributed by atoms with Crippen molar-refractivity contribution in [2.75, 3.05) is 17.6 Å². The lowest BCUT2D eigenvalue weighted by Crippen LogP contribution is -2.25. The summed E-state index contributed by atoms with van der Waals surface area (Å²) in [7, 11) is 0. The van der Waals surface area contributed by atoms with Gasteiger partial charge in [-0.05, 0) is 36.7 Å². The van der Waals surface area contributed by atoms with Crippen molar-refractivity contribution in [1.82, 2.24) is 19.7 Å². The van der Waals surface area contributed by atoms with Gasteiger partial charge in [-0.2, -0.15) is 13.2 Å². The summed E-state index contributed by atoms with van der Waals surface area (Å²) in [6.07, 6.45) is 5.60. The van der Waals surface area contributed by atoms with E-state index >= 15 is 0 Å². The highest BCUT2D eigenvalue weighted by molar-refractivity contribution is 8.00. The maximum Gasteiger partial charge on any atom is 0.441 e. The molecule has 35 heavy (non-hydrogen) atoms. The third-order valence-corrected chi connectivity index (χ3v) is 6.31. The lowest BCUT2D eigenvalue weighted by atomic mass is 10.1. The van der Waals surface area contributed by atoms with Crippen LogP contribution in [0, 0.1) is 0 Å². The Morgan fingerprint density at radius 1 is 1.06 bits per heavy atom. The minimum atomic E-state index is -4.28. The number of carbonyl (C=O) groups excluding carboxylic acids is 1. The molecule has 5 rings (SSSR count). The number of carbonyl (C=O) groups is 1. The van der Waals surface area contributed by atoms with Crippen LogP contribution in [-0.2, 0) is 0 Å². The Bertz CT molecular complexity index is 1340. The summed E-state index contributed by atoms with van der Waals surface area (Å²) in [5, 5.41) is 5.99. The Hall–Kier alpha value is -3.53. The van der Waals surface area contributed by atoms with Gasteiger partial charge >= 0.3 is 5.51 Å². The van der Waals surface area contributed by atoms with Crippen LogP contribution in [0.2, 0.25) is 0 Å². The second-order valence-corrected chi connectivity index (χ2v) is 9.38. The van der Waals surface area contributed by atoms with E-state index in [1.165, 1.54) is 0 Å². The highest BCUT2D eigenvalue weighted by Crippen LogP contribution is 2.31. The predicted molar refractivity (Wildman–Crippen MR) is 131 cm³/mol. The Balaban J connectivity index is 1.47. The summed E-state index contributed by atoms with van der Waals surface area (Å²) in [6.45, 7) is 0.0814. The van der Waals surface area contributed by atoms with Crippen molar-refractivity contribution >= 4 is 29.1 Å². The molecule has 4 aromatic rings. The van der Waals surface area contributed by atoms with Crippen molar-refractivity contribution in [3.63, 3.8) is 0 Å². The van der Waals surface area contributed by atoms with E-state index in [-0.39, 0.29) is 36.0 Å². The van der Waals surface area contributed by atoms with Crippen molar-refractivity contribution in [2.24, 2.45) is 0 Å². The van der Waals surface area contributed by atoms with Gasteiger partial charge in [-0.1, -0.05) is 42.5 Å². The van der Waals surface area contributed by atoms with Gasteiger partial charge in [-0.3, -0.25) is 9.20 Å². The van der Waals surface area contributed by atoms with E-state index in [9.17, 15) is 18.0 Å². The molecule has 0 unspecified atom stereocenters. The smallest absolute Gasteiger partial charge is 0.366 e. The van der Waals surface area contributed by atoms with Crippen LogP contribution in [0.25, 0.3) is 28.2 Å². The first kappa shape index (κ1) is 23.2. The van der Waals surface area contributed by atoms with Crippen LogP contribution in [0.15, 0.2) is 67.0 Å². The largest absolute Gasteiger partial charge is 0.441 e. The number of fused-ring (bicyclic) bond motifs is 1. The number of nitrogens with zero attached hydrogens (tertiary/aromatic N) is 3. The number of anilines is 1. The number of nitrogens with one attached hydrogen (secondary N) is 2. The van der Waals surface area contributed by atoms with Gasteiger partial charge in [0.15, 0.2) is 11.5 Å². The number of alkyl halides is 3. The number of imidazole rings is 1. The van der Waals surface area contributed by atoms with Gasteiger partial charge in [0.1, 0.15) is 0 Å². The molecule has 0 aliphatic heterocycles. The number of rotatable bonds is 8. The van der Waals surface area contributed by atoms with E-state index in [1.807, 2.05) is 53.1 Å². The third-order valence-electron chi connectivity index (χ3n) is 5.58. The lowest BCUT2D eigenvalue weighted by Gasteiger charge is -2.12. The van der Waals surface area contributed by atoms with Gasteiger partial charge in [-0.15, -0.1) is 0 Å². The molecular weight excluding hydrogens is 475 g/mol. The molecule has 2 heterocycles. The van der Waals surface area contributed by atoms with Crippen LogP contribution in [-0.4, -0.2) is 44.1 Å². The summed E-state index contributed by atoms with van der Waals surface area (Å²) >= 11 is -0.0783. The fourth-order valence-corrected chi connectivity index (χ4v) is 4.13. The number of aromatic nitrogens is 3. The zero-order valence-electron chi connectivity index (χ0n) is 18.5. The minimum Gasteiger partial charge on any atom is -0.366 e. The number of benzene rings is 2. The Labute approximate surface area is 204 Å². The summed E-state index contributed by atoms with van der Waals surface area (Å²) in [5.74, 6) is 0.168. The molecule has 1 amide bonds. The van der Waals surface area contributed by atoms with Gasteiger partial charge in [0.2, 0.25) is 0 Å². The Kier molecular flexibility index (Phi) is 6.38. The molecule has 1 aliphatic carbocycles. The SMILES string of the molecule is O=C(NC1CC1)c1ccc(-c2cnc3c(NCCSC(F)(F)F)nc(-c4ccccc4)cn23)cc1. The molecule has 6 nitrogen and oxygen atoms in total. The molecule has 1 saturated carbocycles. The standard InChI is InChI=1S/C25H22F3N5OS/c26-25(27,28)35-13-12-29-22-23-30-14-21(33(23)15-20(32-22)16-4-2-1-3-5-16)17-6-8-18(9-7-17)24(34)31-19-10-11-19/h1-9,14-15,19H,10-13H2,(H,29,32)(H,31,34). The normalized spacial score (nSPS) is 13.7. The number of hydrogen-bond donors (Lipinski definition) is 2. The highest BCUT2D eigenvalue weighted by Gasteiger charge is 2.27. The number of amides is 1. The zero-order valence-corrected chi connectivity index (χ0v) is 19.4. The van der Waals surface area contributed by atoms with E-state index < -0.39 is 5.51 Å². The maximum absolute atomic E-state index is 12.5. The molecule has 1 fully saturated rings. The summed E-state index contributed by atoms with van der Waals surface area (Å²) in [4.78, 5) is 21.5. The topological polar surface area (TPSA) is 71.3 Å². The highest BCUT2D eigenvalue weighted by atomic mass is 32.2. The van der Waals surface area contributed by atoms with Gasteiger partial charge < -0.3 is 10.6 Å². The predicted octanol–water partition coefficient (Wildman–Crippen LogP) is 5.62. The summed E-state index contributed by atoms with van der Waals surface area (Å²) < 4.78 is 39.5. The molecule has 2 aromatic carbocycles. The first-order valence-electron chi connectivity index (χ1n) is 11.2. The van der Waals surface area contributed by atoms with Crippen molar-refractivity contribution in [1.29, 1.82) is 0 Å². The van der Waals surface area contributed by atoms with E-state index in [0.29, 0.717) is 22.7 Å². The molecule has 0 bridgehead atoms.